The minimum absolute atomic E-state index is 0.152. The van der Waals surface area contributed by atoms with Gasteiger partial charge in [-0.05, 0) is 57.2 Å². The molecule has 1 aliphatic carbocycles. The van der Waals surface area contributed by atoms with E-state index in [9.17, 15) is 4.79 Å². The summed E-state index contributed by atoms with van der Waals surface area (Å²) in [5, 5.41) is 6.53. The standard InChI is InChI=1S/C17H25N3O2/c21-17(13-2-1-9-19-12-13)20-14-3-5-15(6-4-14)22-16-7-10-18-11-8-16/h7-8,10-11,13-15,19H,1-6,9,12H2,(H,20,21)/t13-,14?,15?/m0/s1. The lowest BCUT2D eigenvalue weighted by Gasteiger charge is -2.31. The summed E-state index contributed by atoms with van der Waals surface area (Å²) in [7, 11) is 0. The van der Waals surface area contributed by atoms with Gasteiger partial charge >= 0.3 is 0 Å². The van der Waals surface area contributed by atoms with E-state index in [1.165, 1.54) is 0 Å². The number of hydrogen-bond acceptors (Lipinski definition) is 4. The minimum Gasteiger partial charge on any atom is -0.490 e. The molecule has 0 radical (unpaired) electrons. The van der Waals surface area contributed by atoms with E-state index in [2.05, 4.69) is 15.6 Å². The number of pyridine rings is 1. The number of carbonyl (C=O) groups excluding carboxylic acids is 1. The van der Waals surface area contributed by atoms with Crippen LogP contribution < -0.4 is 15.4 Å². The van der Waals surface area contributed by atoms with E-state index in [1.807, 2.05) is 12.1 Å². The molecule has 1 saturated carbocycles. The summed E-state index contributed by atoms with van der Waals surface area (Å²) >= 11 is 0. The van der Waals surface area contributed by atoms with Gasteiger partial charge in [0.2, 0.25) is 5.91 Å². The number of piperidine rings is 1. The molecule has 2 N–H and O–H groups in total. The molecule has 1 amide bonds. The Morgan fingerprint density at radius 3 is 2.64 bits per heavy atom. The van der Waals surface area contributed by atoms with Crippen LogP contribution in [0.2, 0.25) is 0 Å². The number of nitrogens with one attached hydrogen (secondary N) is 2. The molecule has 1 aromatic rings. The molecule has 1 aromatic heterocycles. The molecule has 1 aliphatic heterocycles. The maximum atomic E-state index is 12.2. The number of carbonyl (C=O) groups is 1. The molecule has 1 atom stereocenters. The Hall–Kier alpha value is -1.62. The van der Waals surface area contributed by atoms with E-state index in [4.69, 9.17) is 4.74 Å². The van der Waals surface area contributed by atoms with Crippen molar-refractivity contribution in [2.24, 2.45) is 5.92 Å². The van der Waals surface area contributed by atoms with E-state index in [-0.39, 0.29) is 17.9 Å². The number of nitrogens with zero attached hydrogens (tertiary/aromatic N) is 1. The fourth-order valence-electron chi connectivity index (χ4n) is 3.33. The topological polar surface area (TPSA) is 63.2 Å². The molecular formula is C17H25N3O2. The molecule has 5 heteroatoms. The van der Waals surface area contributed by atoms with Crippen molar-refractivity contribution < 1.29 is 9.53 Å². The SMILES string of the molecule is O=C(NC1CCC(Oc2ccncc2)CC1)[C@H]1CCCNC1. The number of hydrogen-bond donors (Lipinski definition) is 2. The monoisotopic (exact) mass is 303 g/mol. The number of ether oxygens (including phenoxy) is 1. The fraction of sp³-hybridized carbons (Fsp3) is 0.647. The summed E-state index contributed by atoms with van der Waals surface area (Å²) in [4.78, 5) is 16.2. The van der Waals surface area contributed by atoms with E-state index in [1.54, 1.807) is 12.4 Å². The zero-order chi connectivity index (χ0) is 15.2. The summed E-state index contributed by atoms with van der Waals surface area (Å²) < 4.78 is 5.96. The molecule has 22 heavy (non-hydrogen) atoms. The van der Waals surface area contributed by atoms with Gasteiger partial charge in [0.25, 0.3) is 0 Å². The number of aromatic nitrogens is 1. The summed E-state index contributed by atoms with van der Waals surface area (Å²) in [6, 6.07) is 4.10. The second-order valence-electron chi connectivity index (χ2n) is 6.33. The van der Waals surface area contributed by atoms with Crippen molar-refractivity contribution in [3.8, 4) is 5.75 Å². The third-order valence-electron chi connectivity index (χ3n) is 4.64. The maximum Gasteiger partial charge on any atom is 0.224 e. The number of amides is 1. The maximum absolute atomic E-state index is 12.2. The molecule has 2 aliphatic rings. The van der Waals surface area contributed by atoms with Gasteiger partial charge in [0.15, 0.2) is 0 Å². The van der Waals surface area contributed by atoms with Gasteiger partial charge in [-0.15, -0.1) is 0 Å². The van der Waals surface area contributed by atoms with E-state index < -0.39 is 0 Å². The van der Waals surface area contributed by atoms with Crippen molar-refractivity contribution in [1.29, 1.82) is 0 Å². The van der Waals surface area contributed by atoms with Crippen LogP contribution in [0.4, 0.5) is 0 Å². The number of rotatable bonds is 4. The minimum atomic E-state index is 0.152. The average molecular weight is 303 g/mol. The molecule has 0 spiro atoms. The first-order valence-corrected chi connectivity index (χ1v) is 8.39. The third-order valence-corrected chi connectivity index (χ3v) is 4.64. The van der Waals surface area contributed by atoms with Crippen LogP contribution in [0.5, 0.6) is 5.75 Å². The molecular weight excluding hydrogens is 278 g/mol. The van der Waals surface area contributed by atoms with Crippen LogP contribution in [-0.2, 0) is 4.79 Å². The Kier molecular flexibility index (Phi) is 5.27. The normalized spacial score (nSPS) is 28.8. The molecule has 0 unspecified atom stereocenters. The smallest absolute Gasteiger partial charge is 0.224 e. The Morgan fingerprint density at radius 2 is 1.95 bits per heavy atom. The summed E-state index contributed by atoms with van der Waals surface area (Å²) in [5.41, 5.74) is 0. The Balaban J connectivity index is 1.40. The van der Waals surface area contributed by atoms with Crippen molar-refractivity contribution in [3.05, 3.63) is 24.5 Å². The highest BCUT2D eigenvalue weighted by molar-refractivity contribution is 5.79. The molecule has 0 bridgehead atoms. The predicted molar refractivity (Wildman–Crippen MR) is 84.6 cm³/mol. The van der Waals surface area contributed by atoms with Gasteiger partial charge in [-0.1, -0.05) is 0 Å². The van der Waals surface area contributed by atoms with Crippen LogP contribution in [0.15, 0.2) is 24.5 Å². The second-order valence-corrected chi connectivity index (χ2v) is 6.33. The van der Waals surface area contributed by atoms with Crippen LogP contribution in [0, 0.1) is 5.92 Å². The highest BCUT2D eigenvalue weighted by Crippen LogP contribution is 2.24. The zero-order valence-corrected chi connectivity index (χ0v) is 13.0. The summed E-state index contributed by atoms with van der Waals surface area (Å²) in [6.45, 7) is 1.87. The predicted octanol–water partition coefficient (Wildman–Crippen LogP) is 1.89. The first kappa shape index (κ1) is 15.3. The molecule has 2 heterocycles. The summed E-state index contributed by atoms with van der Waals surface area (Å²) in [6.07, 6.45) is 9.87. The summed E-state index contributed by atoms with van der Waals surface area (Å²) in [5.74, 6) is 1.26. The lowest BCUT2D eigenvalue weighted by atomic mass is 9.91. The highest BCUT2D eigenvalue weighted by Gasteiger charge is 2.27. The van der Waals surface area contributed by atoms with E-state index >= 15 is 0 Å². The van der Waals surface area contributed by atoms with Crippen LogP contribution in [0.25, 0.3) is 0 Å². The van der Waals surface area contributed by atoms with Crippen LogP contribution >= 0.6 is 0 Å². The van der Waals surface area contributed by atoms with Crippen molar-refractivity contribution in [2.45, 2.75) is 50.7 Å². The van der Waals surface area contributed by atoms with Crippen molar-refractivity contribution >= 4 is 5.91 Å². The lowest BCUT2D eigenvalue weighted by molar-refractivity contribution is -0.126. The van der Waals surface area contributed by atoms with E-state index in [0.29, 0.717) is 6.04 Å². The molecule has 1 saturated heterocycles. The van der Waals surface area contributed by atoms with Crippen molar-refractivity contribution in [1.82, 2.24) is 15.6 Å². The molecule has 0 aromatic carbocycles. The third kappa shape index (κ3) is 4.19. The molecule has 120 valence electrons. The van der Waals surface area contributed by atoms with Gasteiger partial charge in [-0.25, -0.2) is 0 Å². The second kappa shape index (κ2) is 7.58. The Labute approximate surface area is 131 Å². The average Bonchev–Trinajstić information content (AvgIpc) is 2.58. The van der Waals surface area contributed by atoms with Crippen LogP contribution in [0.3, 0.4) is 0 Å². The van der Waals surface area contributed by atoms with Gasteiger partial charge in [0.1, 0.15) is 5.75 Å². The Bertz CT molecular complexity index is 466. The Morgan fingerprint density at radius 1 is 1.18 bits per heavy atom. The first-order valence-electron chi connectivity index (χ1n) is 8.39. The van der Waals surface area contributed by atoms with E-state index in [0.717, 1.165) is 57.4 Å². The molecule has 5 nitrogen and oxygen atoms in total. The van der Waals surface area contributed by atoms with Crippen LogP contribution in [-0.4, -0.2) is 36.1 Å². The highest BCUT2D eigenvalue weighted by atomic mass is 16.5. The molecule has 2 fully saturated rings. The van der Waals surface area contributed by atoms with Gasteiger partial charge in [0, 0.05) is 25.0 Å². The quantitative estimate of drug-likeness (QED) is 0.891. The lowest BCUT2D eigenvalue weighted by Crippen LogP contribution is -2.46. The van der Waals surface area contributed by atoms with Gasteiger partial charge in [-0.2, -0.15) is 0 Å². The van der Waals surface area contributed by atoms with Crippen molar-refractivity contribution in [2.75, 3.05) is 13.1 Å². The molecule has 3 rings (SSSR count). The van der Waals surface area contributed by atoms with Crippen molar-refractivity contribution in [3.63, 3.8) is 0 Å². The van der Waals surface area contributed by atoms with Gasteiger partial charge in [0.05, 0.1) is 12.0 Å². The van der Waals surface area contributed by atoms with Gasteiger partial charge < -0.3 is 15.4 Å². The first-order chi connectivity index (χ1) is 10.8. The fourth-order valence-corrected chi connectivity index (χ4v) is 3.33. The van der Waals surface area contributed by atoms with Crippen LogP contribution in [0.1, 0.15) is 38.5 Å². The zero-order valence-electron chi connectivity index (χ0n) is 13.0. The largest absolute Gasteiger partial charge is 0.490 e. The van der Waals surface area contributed by atoms with Gasteiger partial charge in [-0.3, -0.25) is 9.78 Å².